The van der Waals surface area contributed by atoms with Gasteiger partial charge in [-0.25, -0.2) is 14.8 Å². The average Bonchev–Trinajstić information content (AvgIpc) is 3.22. The van der Waals surface area contributed by atoms with Crippen molar-refractivity contribution in [2.24, 2.45) is 0 Å². The van der Waals surface area contributed by atoms with Crippen LogP contribution >= 0.6 is 0 Å². The molecule has 0 bridgehead atoms. The van der Waals surface area contributed by atoms with Crippen LogP contribution in [0.1, 0.15) is 39.8 Å². The third-order valence-electron chi connectivity index (χ3n) is 5.93. The Morgan fingerprint density at radius 3 is 2.29 bits per heavy atom. The average molecular weight is 458 g/mol. The van der Waals surface area contributed by atoms with Crippen molar-refractivity contribution in [3.8, 4) is 5.69 Å². The van der Waals surface area contributed by atoms with E-state index < -0.39 is 0 Å². The Morgan fingerprint density at radius 1 is 0.971 bits per heavy atom. The summed E-state index contributed by atoms with van der Waals surface area (Å²) in [5.74, 6) is -1.01. The molecule has 2 heterocycles. The van der Waals surface area contributed by atoms with Crippen molar-refractivity contribution < 1.29 is 19.1 Å². The zero-order valence-electron chi connectivity index (χ0n) is 19.7. The topological polar surface area (TPSA) is 71.8 Å². The van der Waals surface area contributed by atoms with E-state index in [9.17, 15) is 14.4 Å². The molecule has 0 spiro atoms. The van der Waals surface area contributed by atoms with Crippen molar-refractivity contribution in [3.05, 3.63) is 94.3 Å². The molecule has 0 saturated carbocycles. The number of carbonyl (C=O) groups is 3. The summed E-state index contributed by atoms with van der Waals surface area (Å²) in [6.45, 7) is 6.32. The fraction of sp³-hybridized carbons (Fsp3) is 0.222. The number of carbonyl (C=O) groups excluding carboxylic acids is 3. The number of amides is 2. The van der Waals surface area contributed by atoms with Gasteiger partial charge in [-0.05, 0) is 68.3 Å². The van der Waals surface area contributed by atoms with Crippen LogP contribution in [-0.4, -0.2) is 46.0 Å². The van der Waals surface area contributed by atoms with Crippen molar-refractivity contribution in [2.75, 3.05) is 13.7 Å². The molecule has 1 fully saturated rings. The molecular weight excluding hydrogens is 430 g/mol. The predicted octanol–water partition coefficient (Wildman–Crippen LogP) is 4.07. The van der Waals surface area contributed by atoms with Crippen LogP contribution in [0.4, 0.5) is 0 Å². The molecule has 1 saturated heterocycles. The first-order valence-corrected chi connectivity index (χ1v) is 11.1. The molecule has 1 aliphatic heterocycles. The number of likely N-dealkylation sites (N-methyl/N-ethyl adjacent to an activating group) is 1. The van der Waals surface area contributed by atoms with Gasteiger partial charge in [-0.15, -0.1) is 0 Å². The maximum atomic E-state index is 13.1. The second-order valence-electron chi connectivity index (χ2n) is 8.16. The summed E-state index contributed by atoms with van der Waals surface area (Å²) in [4.78, 5) is 37.9. The first-order valence-electron chi connectivity index (χ1n) is 11.1. The number of hydrogen-bond acceptors (Lipinski definition) is 4. The third-order valence-corrected chi connectivity index (χ3v) is 5.93. The summed E-state index contributed by atoms with van der Waals surface area (Å²) in [5.41, 5.74) is 5.06. The molecule has 174 valence electrons. The second-order valence-corrected chi connectivity index (χ2v) is 8.16. The molecule has 0 N–H and O–H groups in total. The first kappa shape index (κ1) is 23.0. The van der Waals surface area contributed by atoms with Crippen LogP contribution in [0.15, 0.2) is 66.2 Å². The Kier molecular flexibility index (Phi) is 6.36. The van der Waals surface area contributed by atoms with Crippen LogP contribution < -0.4 is 0 Å². The van der Waals surface area contributed by atoms with Gasteiger partial charge in [0.15, 0.2) is 0 Å². The van der Waals surface area contributed by atoms with Crippen molar-refractivity contribution in [2.45, 2.75) is 27.3 Å². The van der Waals surface area contributed by atoms with Gasteiger partial charge in [-0.3, -0.25) is 9.59 Å². The van der Waals surface area contributed by atoms with Crippen molar-refractivity contribution in [3.63, 3.8) is 0 Å². The lowest BCUT2D eigenvalue weighted by atomic mass is 10.1. The molecule has 3 aromatic rings. The van der Waals surface area contributed by atoms with Crippen LogP contribution in [-0.2, 0) is 20.9 Å². The minimum Gasteiger partial charge on any atom is -0.462 e. The number of esters is 1. The number of hydrogen-bond donors (Lipinski definition) is 0. The molecule has 0 aliphatic carbocycles. The minimum absolute atomic E-state index is 0.136. The Balaban J connectivity index is 1.63. The molecule has 1 aliphatic rings. The third kappa shape index (κ3) is 4.24. The van der Waals surface area contributed by atoms with E-state index in [-0.39, 0.29) is 23.4 Å². The number of ether oxygens (including phenoxy) is 1. The number of nitrogens with zero attached hydrogens (tertiary/aromatic N) is 3. The Bertz CT molecular complexity index is 1270. The fourth-order valence-corrected chi connectivity index (χ4v) is 4.16. The summed E-state index contributed by atoms with van der Waals surface area (Å²) in [7, 11) is 1.61. The van der Waals surface area contributed by atoms with Gasteiger partial charge in [0, 0.05) is 24.1 Å². The van der Waals surface area contributed by atoms with E-state index >= 15 is 0 Å². The fourth-order valence-electron chi connectivity index (χ4n) is 4.16. The summed E-state index contributed by atoms with van der Waals surface area (Å²) in [6.07, 6.45) is 1.66. The zero-order chi connectivity index (χ0) is 24.4. The van der Waals surface area contributed by atoms with Crippen LogP contribution in [0.2, 0.25) is 0 Å². The summed E-state index contributed by atoms with van der Waals surface area (Å²) in [5, 5.41) is 2.82. The lowest BCUT2D eigenvalue weighted by Crippen LogP contribution is -2.37. The highest BCUT2D eigenvalue weighted by Gasteiger charge is 2.38. The lowest BCUT2D eigenvalue weighted by Gasteiger charge is -2.23. The van der Waals surface area contributed by atoms with Gasteiger partial charge in [0.05, 0.1) is 18.7 Å². The van der Waals surface area contributed by atoms with Gasteiger partial charge in [-0.2, -0.15) is 0 Å². The largest absolute Gasteiger partial charge is 0.462 e. The van der Waals surface area contributed by atoms with Gasteiger partial charge in [0.25, 0.3) is 11.8 Å². The van der Waals surface area contributed by atoms with Gasteiger partial charge in [0.2, 0.25) is 0 Å². The molecular formula is C27H27N3O4. The van der Waals surface area contributed by atoms with E-state index in [0.29, 0.717) is 18.7 Å². The number of rotatable bonds is 6. The molecule has 7 heteroatoms. The smallest absolute Gasteiger partial charge is 0.338 e. The Hall–Kier alpha value is -4.13. The number of benzene rings is 2. The molecule has 34 heavy (non-hydrogen) atoms. The Labute approximate surface area is 198 Å². The van der Waals surface area contributed by atoms with Crippen molar-refractivity contribution in [1.29, 1.82) is 0 Å². The Morgan fingerprint density at radius 2 is 1.65 bits per heavy atom. The maximum absolute atomic E-state index is 13.1. The zero-order valence-corrected chi connectivity index (χ0v) is 19.7. The van der Waals surface area contributed by atoms with E-state index in [0.717, 1.165) is 28.2 Å². The first-order chi connectivity index (χ1) is 16.3. The normalized spacial score (nSPS) is 14.9. The molecule has 2 aromatic carbocycles. The van der Waals surface area contributed by atoms with E-state index in [1.165, 1.54) is 10.0 Å². The van der Waals surface area contributed by atoms with Crippen molar-refractivity contribution >= 4 is 23.9 Å². The quantitative estimate of drug-likeness (QED) is 0.318. The van der Waals surface area contributed by atoms with E-state index in [4.69, 9.17) is 4.74 Å². The molecule has 7 nitrogen and oxygen atoms in total. The maximum Gasteiger partial charge on any atom is 0.338 e. The van der Waals surface area contributed by atoms with E-state index in [1.807, 2.05) is 66.9 Å². The molecule has 4 rings (SSSR count). The monoisotopic (exact) mass is 457 g/mol. The van der Waals surface area contributed by atoms with Gasteiger partial charge in [0.1, 0.15) is 5.57 Å². The van der Waals surface area contributed by atoms with Gasteiger partial charge in [-0.1, -0.05) is 30.3 Å². The highest BCUT2D eigenvalue weighted by atomic mass is 16.5. The van der Waals surface area contributed by atoms with E-state index in [2.05, 4.69) is 0 Å². The van der Waals surface area contributed by atoms with Crippen LogP contribution in [0.25, 0.3) is 11.8 Å². The number of hydrazine groups is 1. The lowest BCUT2D eigenvalue weighted by molar-refractivity contribution is -0.144. The summed E-state index contributed by atoms with van der Waals surface area (Å²) < 4.78 is 7.07. The molecule has 0 radical (unpaired) electrons. The number of aromatic nitrogens is 1. The molecule has 0 unspecified atom stereocenters. The SMILES string of the molecule is CCOC(=O)c1ccc(-n2c(C)cc(/C=C3/C(=O)N(C)N(Cc4ccccc4)C3=O)c2C)cc1. The van der Waals surface area contributed by atoms with Crippen LogP contribution in [0, 0.1) is 13.8 Å². The van der Waals surface area contributed by atoms with Crippen LogP contribution in [0.5, 0.6) is 0 Å². The highest BCUT2D eigenvalue weighted by Crippen LogP contribution is 2.27. The predicted molar refractivity (Wildman–Crippen MR) is 129 cm³/mol. The van der Waals surface area contributed by atoms with Gasteiger partial charge >= 0.3 is 5.97 Å². The van der Waals surface area contributed by atoms with Crippen LogP contribution in [0.3, 0.4) is 0 Å². The number of aryl methyl sites for hydroxylation is 1. The van der Waals surface area contributed by atoms with Crippen molar-refractivity contribution in [1.82, 2.24) is 14.6 Å². The summed E-state index contributed by atoms with van der Waals surface area (Å²) >= 11 is 0. The highest BCUT2D eigenvalue weighted by molar-refractivity contribution is 6.25. The van der Waals surface area contributed by atoms with Gasteiger partial charge < -0.3 is 9.30 Å². The second kappa shape index (κ2) is 9.39. The molecule has 0 atom stereocenters. The standard InChI is InChI=1S/C27H27N3O4/c1-5-34-27(33)21-11-13-23(14-12-21)30-18(2)15-22(19(30)3)16-24-25(31)28(4)29(26(24)32)17-20-9-7-6-8-10-20/h6-16H,5,17H2,1-4H3/b24-16-. The molecule has 1 aromatic heterocycles. The summed E-state index contributed by atoms with van der Waals surface area (Å²) in [6, 6.07) is 18.7. The molecule has 2 amide bonds. The minimum atomic E-state index is -0.358. The van der Waals surface area contributed by atoms with E-state index in [1.54, 1.807) is 32.2 Å².